The van der Waals surface area contributed by atoms with Gasteiger partial charge in [0.1, 0.15) is 17.5 Å². The maximum Gasteiger partial charge on any atom is 0.277 e. The lowest BCUT2D eigenvalue weighted by Crippen LogP contribution is -2.47. The maximum absolute atomic E-state index is 14.7. The van der Waals surface area contributed by atoms with E-state index in [1.165, 1.54) is 53.2 Å². The Balaban J connectivity index is 1.40. The van der Waals surface area contributed by atoms with E-state index in [-0.39, 0.29) is 28.4 Å². The minimum absolute atomic E-state index is 0.0561. The summed E-state index contributed by atoms with van der Waals surface area (Å²) in [4.78, 5) is 28.2. The van der Waals surface area contributed by atoms with Gasteiger partial charge in [0.05, 0.1) is 37.0 Å². The molecule has 3 aromatic rings. The van der Waals surface area contributed by atoms with Crippen molar-refractivity contribution < 1.29 is 23.1 Å². The van der Waals surface area contributed by atoms with Crippen molar-refractivity contribution in [2.75, 3.05) is 17.3 Å². The summed E-state index contributed by atoms with van der Waals surface area (Å²) in [5, 5.41) is 16.2. The fourth-order valence-electron chi connectivity index (χ4n) is 4.86. The predicted octanol–water partition coefficient (Wildman–Crippen LogP) is 4.96. The fraction of sp³-hybridized carbons (Fsp3) is 0.333. The number of hydrogen-bond donors (Lipinski definition) is 1. The Bertz CT molecular complexity index is 1410. The molecule has 1 fully saturated rings. The van der Waals surface area contributed by atoms with Crippen LogP contribution in [0.5, 0.6) is 5.75 Å². The van der Waals surface area contributed by atoms with Crippen molar-refractivity contribution in [3.05, 3.63) is 71.0 Å². The van der Waals surface area contributed by atoms with Crippen LogP contribution in [0.15, 0.2) is 48.7 Å². The second-order valence-corrected chi connectivity index (χ2v) is 9.39. The highest BCUT2D eigenvalue weighted by Gasteiger charge is 2.44. The van der Waals surface area contributed by atoms with Gasteiger partial charge in [0, 0.05) is 22.9 Å². The van der Waals surface area contributed by atoms with E-state index in [0.29, 0.717) is 36.5 Å². The lowest BCUT2D eigenvalue weighted by molar-refractivity contribution is -0.0942. The topological polar surface area (TPSA) is 100 Å². The predicted molar refractivity (Wildman–Crippen MR) is 132 cm³/mol. The molecule has 0 saturated heterocycles. The van der Waals surface area contributed by atoms with Crippen LogP contribution < -0.4 is 15.0 Å². The lowest BCUT2D eigenvalue weighted by Gasteiger charge is -2.35. The summed E-state index contributed by atoms with van der Waals surface area (Å²) in [5.41, 5.74) is 1.20. The zero-order chi connectivity index (χ0) is 26.3. The quantitative estimate of drug-likeness (QED) is 0.511. The summed E-state index contributed by atoms with van der Waals surface area (Å²) in [6.07, 6.45) is 3.18. The van der Waals surface area contributed by atoms with E-state index in [1.54, 1.807) is 12.1 Å². The van der Waals surface area contributed by atoms with Crippen molar-refractivity contribution in [3.63, 3.8) is 0 Å². The molecule has 0 spiro atoms. The number of anilines is 2. The van der Waals surface area contributed by atoms with E-state index in [0.717, 1.165) is 6.42 Å². The fourth-order valence-corrected chi connectivity index (χ4v) is 4.86. The Kier molecular flexibility index (Phi) is 6.15. The summed E-state index contributed by atoms with van der Waals surface area (Å²) in [6.45, 7) is 2.16. The molecule has 0 unspecified atom stereocenters. The second kappa shape index (κ2) is 9.32. The third-order valence-corrected chi connectivity index (χ3v) is 7.11. The standard InChI is InChI=1S/C27H25F2N5O3/c1-16-15-33-24(22(14-31-33)25(35)32-20-8-11-23(37-2)17(12-20)13-30)26(36)34(16)21-9-6-19(7-10-21)27(28,29)18-4-3-5-18/h6-12,14,16,18H,3-5,15H2,1-2H3,(H,32,35)/t16-/m0/s1. The van der Waals surface area contributed by atoms with Crippen molar-refractivity contribution in [2.24, 2.45) is 5.92 Å². The zero-order valence-corrected chi connectivity index (χ0v) is 20.4. The first-order chi connectivity index (χ1) is 17.7. The van der Waals surface area contributed by atoms with Gasteiger partial charge in [-0.3, -0.25) is 14.3 Å². The average molecular weight is 506 g/mol. The largest absolute Gasteiger partial charge is 0.495 e. The van der Waals surface area contributed by atoms with E-state index >= 15 is 0 Å². The van der Waals surface area contributed by atoms with Crippen LogP contribution in [0.4, 0.5) is 20.2 Å². The number of carbonyl (C=O) groups is 2. The minimum atomic E-state index is -2.90. The zero-order valence-electron chi connectivity index (χ0n) is 20.4. The van der Waals surface area contributed by atoms with Crippen molar-refractivity contribution in [1.29, 1.82) is 5.26 Å². The molecule has 8 nitrogen and oxygen atoms in total. The molecule has 1 aromatic heterocycles. The molecule has 1 aliphatic carbocycles. The molecule has 1 aliphatic heterocycles. The smallest absolute Gasteiger partial charge is 0.277 e. The Morgan fingerprint density at radius 2 is 1.95 bits per heavy atom. The van der Waals surface area contributed by atoms with E-state index in [9.17, 15) is 23.6 Å². The molecule has 2 amide bonds. The van der Waals surface area contributed by atoms with Crippen LogP contribution >= 0.6 is 0 Å². The Hall–Kier alpha value is -4.26. The van der Waals surface area contributed by atoms with Gasteiger partial charge in [0.2, 0.25) is 0 Å². The number of aromatic nitrogens is 2. The summed E-state index contributed by atoms with van der Waals surface area (Å²) < 4.78 is 36.1. The van der Waals surface area contributed by atoms with E-state index in [2.05, 4.69) is 10.4 Å². The number of rotatable bonds is 6. The van der Waals surface area contributed by atoms with Gasteiger partial charge >= 0.3 is 0 Å². The highest BCUT2D eigenvalue weighted by atomic mass is 19.3. The first kappa shape index (κ1) is 24.4. The third-order valence-electron chi connectivity index (χ3n) is 7.11. The van der Waals surface area contributed by atoms with Gasteiger partial charge in [-0.2, -0.15) is 10.4 Å². The van der Waals surface area contributed by atoms with E-state index in [1.807, 2.05) is 13.0 Å². The van der Waals surface area contributed by atoms with Crippen molar-refractivity contribution >= 4 is 23.2 Å². The highest BCUT2D eigenvalue weighted by Crippen LogP contribution is 2.46. The van der Waals surface area contributed by atoms with Gasteiger partial charge in [-0.05, 0) is 50.1 Å². The van der Waals surface area contributed by atoms with Crippen LogP contribution in [-0.4, -0.2) is 34.7 Å². The normalized spacial score (nSPS) is 17.5. The Morgan fingerprint density at radius 1 is 1.22 bits per heavy atom. The number of methoxy groups -OCH3 is 1. The van der Waals surface area contributed by atoms with Crippen LogP contribution in [0.25, 0.3) is 0 Å². The summed E-state index contributed by atoms with van der Waals surface area (Å²) >= 11 is 0. The Labute approximate surface area is 212 Å². The van der Waals surface area contributed by atoms with Crippen LogP contribution in [0.3, 0.4) is 0 Å². The second-order valence-electron chi connectivity index (χ2n) is 9.39. The molecule has 0 radical (unpaired) electrons. The number of carbonyl (C=O) groups excluding carboxylic acids is 2. The maximum atomic E-state index is 14.7. The molecule has 37 heavy (non-hydrogen) atoms. The molecular weight excluding hydrogens is 480 g/mol. The molecule has 1 N–H and O–H groups in total. The van der Waals surface area contributed by atoms with Gasteiger partial charge < -0.3 is 15.0 Å². The first-order valence-corrected chi connectivity index (χ1v) is 12.0. The highest BCUT2D eigenvalue weighted by molar-refractivity contribution is 6.15. The number of nitrogens with one attached hydrogen (secondary N) is 1. The Morgan fingerprint density at radius 3 is 2.57 bits per heavy atom. The van der Waals surface area contributed by atoms with Crippen molar-refractivity contribution in [3.8, 4) is 11.8 Å². The summed E-state index contributed by atoms with van der Waals surface area (Å²) in [6, 6.07) is 12.1. The van der Waals surface area contributed by atoms with Crippen LogP contribution in [-0.2, 0) is 12.5 Å². The number of alkyl halides is 2. The molecular formula is C27H25F2N5O3. The SMILES string of the molecule is COc1ccc(NC(=O)c2cnn3c2C(=O)N(c2ccc(C(F)(F)C4CCC4)cc2)[C@@H](C)C3)cc1C#N. The number of nitrogens with zero attached hydrogens (tertiary/aromatic N) is 4. The van der Waals surface area contributed by atoms with Gasteiger partial charge in [-0.25, -0.2) is 8.78 Å². The van der Waals surface area contributed by atoms with Gasteiger partial charge in [0.15, 0.2) is 0 Å². The molecule has 1 atom stereocenters. The monoisotopic (exact) mass is 505 g/mol. The minimum Gasteiger partial charge on any atom is -0.495 e. The molecule has 2 heterocycles. The third kappa shape index (κ3) is 4.20. The number of fused-ring (bicyclic) bond motifs is 1. The molecule has 10 heteroatoms. The van der Waals surface area contributed by atoms with Crippen molar-refractivity contribution in [2.45, 2.75) is 44.7 Å². The number of hydrogen-bond acceptors (Lipinski definition) is 5. The van der Waals surface area contributed by atoms with Crippen LogP contribution in [0, 0.1) is 17.2 Å². The number of ether oxygens (including phenoxy) is 1. The van der Waals surface area contributed by atoms with Crippen LogP contribution in [0.1, 0.15) is 58.2 Å². The molecule has 2 aliphatic rings. The first-order valence-electron chi connectivity index (χ1n) is 12.0. The molecule has 0 bridgehead atoms. The lowest BCUT2D eigenvalue weighted by atomic mass is 9.78. The average Bonchev–Trinajstić information content (AvgIpc) is 3.27. The molecule has 190 valence electrons. The molecule has 2 aromatic carbocycles. The van der Waals surface area contributed by atoms with E-state index in [4.69, 9.17) is 4.74 Å². The summed E-state index contributed by atoms with van der Waals surface area (Å²) in [5.74, 6) is -4.18. The van der Waals surface area contributed by atoms with Gasteiger partial charge in [-0.1, -0.05) is 18.6 Å². The van der Waals surface area contributed by atoms with Crippen molar-refractivity contribution in [1.82, 2.24) is 9.78 Å². The molecule has 5 rings (SSSR count). The van der Waals surface area contributed by atoms with Gasteiger partial charge in [-0.15, -0.1) is 0 Å². The number of halogens is 2. The van der Waals surface area contributed by atoms with E-state index < -0.39 is 23.7 Å². The number of benzene rings is 2. The summed E-state index contributed by atoms with van der Waals surface area (Å²) in [7, 11) is 1.44. The number of nitriles is 1. The number of amides is 2. The van der Waals surface area contributed by atoms with Gasteiger partial charge in [0.25, 0.3) is 17.7 Å². The molecule has 1 saturated carbocycles. The van der Waals surface area contributed by atoms with Crippen LogP contribution in [0.2, 0.25) is 0 Å².